The maximum Gasteiger partial charge on any atom is 0.142 e. The van der Waals surface area contributed by atoms with E-state index in [-0.39, 0.29) is 0 Å². The molecule has 0 atom stereocenters. The lowest BCUT2D eigenvalue weighted by molar-refractivity contribution is 0.249. The van der Waals surface area contributed by atoms with E-state index in [0.29, 0.717) is 0 Å². The van der Waals surface area contributed by atoms with Crippen molar-refractivity contribution in [1.82, 2.24) is 14.9 Å². The van der Waals surface area contributed by atoms with Gasteiger partial charge in [-0.05, 0) is 29.7 Å². The van der Waals surface area contributed by atoms with E-state index in [4.69, 9.17) is 4.74 Å². The van der Waals surface area contributed by atoms with E-state index in [1.807, 2.05) is 24.3 Å². The number of nitrogens with one attached hydrogen (secondary N) is 1. The molecule has 5 rings (SSSR count). The number of thiophene rings is 1. The molecule has 29 heavy (non-hydrogen) atoms. The van der Waals surface area contributed by atoms with E-state index < -0.39 is 0 Å². The Labute approximate surface area is 174 Å². The standard InChI is InChI=1S/C23H22N4OS/c1-28-18-9-5-8-17(12-18)26-22-21-19-10-11-27(13-16-6-3-2-4-7-16)14-20(19)29-23(21)25-15-24-22/h2-9,12,15H,10-11,13-14H2,1H3,(H,24,25,26). The average molecular weight is 403 g/mol. The second kappa shape index (κ2) is 7.81. The van der Waals surface area contributed by atoms with Gasteiger partial charge >= 0.3 is 0 Å². The number of rotatable bonds is 5. The minimum atomic E-state index is 0.823. The third-order valence-corrected chi connectivity index (χ3v) is 6.42. The summed E-state index contributed by atoms with van der Waals surface area (Å²) in [7, 11) is 1.68. The fourth-order valence-corrected chi connectivity index (χ4v) is 5.12. The molecule has 2 aromatic carbocycles. The summed E-state index contributed by atoms with van der Waals surface area (Å²) in [5, 5.41) is 4.63. The van der Waals surface area contributed by atoms with Crippen molar-refractivity contribution in [1.29, 1.82) is 0 Å². The number of benzene rings is 2. The molecule has 0 saturated carbocycles. The lowest BCUT2D eigenvalue weighted by Gasteiger charge is -2.27. The Bertz CT molecular complexity index is 1140. The van der Waals surface area contributed by atoms with Gasteiger partial charge in [0.05, 0.1) is 12.5 Å². The van der Waals surface area contributed by atoms with Crippen LogP contribution in [0.4, 0.5) is 11.5 Å². The highest BCUT2D eigenvalue weighted by molar-refractivity contribution is 7.19. The van der Waals surface area contributed by atoms with Crippen LogP contribution in [0.3, 0.4) is 0 Å². The smallest absolute Gasteiger partial charge is 0.142 e. The monoisotopic (exact) mass is 402 g/mol. The van der Waals surface area contributed by atoms with Crippen LogP contribution in [0, 0.1) is 0 Å². The highest BCUT2D eigenvalue weighted by Crippen LogP contribution is 2.38. The molecule has 1 N–H and O–H groups in total. The molecule has 6 heteroatoms. The predicted octanol–water partition coefficient (Wildman–Crippen LogP) is 5.00. The highest BCUT2D eigenvalue weighted by Gasteiger charge is 2.24. The number of hydrogen-bond donors (Lipinski definition) is 1. The number of hydrogen-bond acceptors (Lipinski definition) is 6. The van der Waals surface area contributed by atoms with E-state index in [9.17, 15) is 0 Å². The SMILES string of the molecule is COc1cccc(Nc2ncnc3sc4c(c23)CCN(Cc2ccccc2)C4)c1. The average Bonchev–Trinajstić information content (AvgIpc) is 3.13. The van der Waals surface area contributed by atoms with E-state index in [0.717, 1.165) is 53.5 Å². The fraction of sp³-hybridized carbons (Fsp3) is 0.217. The summed E-state index contributed by atoms with van der Waals surface area (Å²) in [6.07, 6.45) is 2.66. The van der Waals surface area contributed by atoms with Gasteiger partial charge in [0.2, 0.25) is 0 Å². The number of anilines is 2. The van der Waals surface area contributed by atoms with Crippen LogP contribution in [0.2, 0.25) is 0 Å². The van der Waals surface area contributed by atoms with Gasteiger partial charge < -0.3 is 10.1 Å². The van der Waals surface area contributed by atoms with Crippen LogP contribution in [0.15, 0.2) is 60.9 Å². The number of ether oxygens (including phenoxy) is 1. The van der Waals surface area contributed by atoms with Gasteiger partial charge in [-0.25, -0.2) is 9.97 Å². The first-order chi connectivity index (χ1) is 14.3. The third-order valence-electron chi connectivity index (χ3n) is 5.30. The molecule has 0 saturated heterocycles. The molecule has 0 aliphatic carbocycles. The quantitative estimate of drug-likeness (QED) is 0.509. The highest BCUT2D eigenvalue weighted by atomic mass is 32.1. The summed E-state index contributed by atoms with van der Waals surface area (Å²) < 4.78 is 5.34. The first-order valence-electron chi connectivity index (χ1n) is 9.73. The van der Waals surface area contributed by atoms with Crippen molar-refractivity contribution in [2.24, 2.45) is 0 Å². The summed E-state index contributed by atoms with van der Waals surface area (Å²) in [5.74, 6) is 1.70. The van der Waals surface area contributed by atoms with E-state index in [1.165, 1.54) is 16.0 Å². The Hall–Kier alpha value is -2.96. The molecule has 0 bridgehead atoms. The van der Waals surface area contributed by atoms with Crippen molar-refractivity contribution in [3.63, 3.8) is 0 Å². The number of nitrogens with zero attached hydrogens (tertiary/aromatic N) is 3. The Morgan fingerprint density at radius 1 is 1.10 bits per heavy atom. The van der Waals surface area contributed by atoms with Crippen molar-refractivity contribution in [3.05, 3.63) is 76.9 Å². The van der Waals surface area contributed by atoms with Crippen LogP contribution in [0.1, 0.15) is 16.0 Å². The van der Waals surface area contributed by atoms with Gasteiger partial charge in [0.25, 0.3) is 0 Å². The lowest BCUT2D eigenvalue weighted by atomic mass is 10.0. The molecule has 1 aliphatic heterocycles. The van der Waals surface area contributed by atoms with Gasteiger partial charge in [0.15, 0.2) is 0 Å². The maximum absolute atomic E-state index is 5.34. The molecule has 3 heterocycles. The van der Waals surface area contributed by atoms with Gasteiger partial charge in [0.1, 0.15) is 22.7 Å². The first-order valence-corrected chi connectivity index (χ1v) is 10.5. The molecule has 0 fully saturated rings. The molecule has 0 unspecified atom stereocenters. The van der Waals surface area contributed by atoms with Crippen LogP contribution in [0.5, 0.6) is 5.75 Å². The fourth-order valence-electron chi connectivity index (χ4n) is 3.89. The zero-order valence-electron chi connectivity index (χ0n) is 16.3. The van der Waals surface area contributed by atoms with Crippen molar-refractivity contribution in [3.8, 4) is 5.75 Å². The van der Waals surface area contributed by atoms with Crippen LogP contribution in [-0.2, 0) is 19.5 Å². The van der Waals surface area contributed by atoms with Gasteiger partial charge in [0, 0.05) is 36.3 Å². The van der Waals surface area contributed by atoms with E-state index in [1.54, 1.807) is 24.8 Å². The topological polar surface area (TPSA) is 50.3 Å². The van der Waals surface area contributed by atoms with Crippen LogP contribution < -0.4 is 10.1 Å². The van der Waals surface area contributed by atoms with Crippen molar-refractivity contribution < 1.29 is 4.74 Å². The second-order valence-electron chi connectivity index (χ2n) is 7.21. The molecule has 0 amide bonds. The molecule has 4 aromatic rings. The summed E-state index contributed by atoms with van der Waals surface area (Å²) >= 11 is 1.79. The Morgan fingerprint density at radius 2 is 2.00 bits per heavy atom. The zero-order valence-corrected chi connectivity index (χ0v) is 17.1. The molecule has 0 radical (unpaired) electrons. The van der Waals surface area contributed by atoms with Crippen molar-refractivity contribution >= 4 is 33.1 Å². The molecule has 2 aromatic heterocycles. The molecular formula is C23H22N4OS. The van der Waals surface area contributed by atoms with Crippen LogP contribution >= 0.6 is 11.3 Å². The Balaban J connectivity index is 1.44. The minimum absolute atomic E-state index is 0.823. The summed E-state index contributed by atoms with van der Waals surface area (Å²) in [6.45, 7) is 2.99. The maximum atomic E-state index is 5.34. The largest absolute Gasteiger partial charge is 0.497 e. The molecule has 146 valence electrons. The second-order valence-corrected chi connectivity index (χ2v) is 8.29. The normalized spacial score (nSPS) is 14.0. The number of aromatic nitrogens is 2. The summed E-state index contributed by atoms with van der Waals surface area (Å²) in [6, 6.07) is 18.6. The summed E-state index contributed by atoms with van der Waals surface area (Å²) in [5.41, 5.74) is 3.71. The summed E-state index contributed by atoms with van der Waals surface area (Å²) in [4.78, 5) is 14.1. The van der Waals surface area contributed by atoms with Gasteiger partial charge in [-0.2, -0.15) is 0 Å². The van der Waals surface area contributed by atoms with Gasteiger partial charge in [-0.1, -0.05) is 36.4 Å². The van der Waals surface area contributed by atoms with Crippen molar-refractivity contribution in [2.75, 3.05) is 19.0 Å². The zero-order chi connectivity index (χ0) is 19.6. The number of methoxy groups -OCH3 is 1. The van der Waals surface area contributed by atoms with Crippen LogP contribution in [-0.4, -0.2) is 28.5 Å². The molecule has 5 nitrogen and oxygen atoms in total. The van der Waals surface area contributed by atoms with Crippen molar-refractivity contribution in [2.45, 2.75) is 19.5 Å². The number of fused-ring (bicyclic) bond motifs is 3. The first kappa shape index (κ1) is 18.1. The van der Waals surface area contributed by atoms with E-state index >= 15 is 0 Å². The Kier molecular flexibility index (Phi) is 4.87. The van der Waals surface area contributed by atoms with E-state index in [2.05, 4.69) is 50.5 Å². The predicted molar refractivity (Wildman–Crippen MR) is 118 cm³/mol. The van der Waals surface area contributed by atoms with Gasteiger partial charge in [-0.15, -0.1) is 11.3 Å². The lowest BCUT2D eigenvalue weighted by Crippen LogP contribution is -2.29. The molecular weight excluding hydrogens is 380 g/mol. The molecule has 0 spiro atoms. The minimum Gasteiger partial charge on any atom is -0.497 e. The molecule has 1 aliphatic rings. The van der Waals surface area contributed by atoms with Crippen LogP contribution in [0.25, 0.3) is 10.2 Å². The third kappa shape index (κ3) is 3.69. The Morgan fingerprint density at radius 3 is 2.86 bits per heavy atom. The van der Waals surface area contributed by atoms with Gasteiger partial charge in [-0.3, -0.25) is 4.90 Å².